The van der Waals surface area contributed by atoms with Gasteiger partial charge in [0, 0.05) is 19.6 Å². The Kier molecular flexibility index (Phi) is 6.03. The van der Waals surface area contributed by atoms with Crippen LogP contribution in [0.25, 0.3) is 4.96 Å². The number of carbonyl (C=O) groups excluding carboxylic acids is 2. The third-order valence-corrected chi connectivity index (χ3v) is 6.33. The molecule has 0 atom stereocenters. The van der Waals surface area contributed by atoms with Crippen molar-refractivity contribution < 1.29 is 19.1 Å². The largest absolute Gasteiger partial charge is 0.469 e. The number of hydrogen-bond donors (Lipinski definition) is 1. The van der Waals surface area contributed by atoms with Crippen LogP contribution < -0.4 is 10.2 Å². The maximum Gasteiger partial charge on any atom is 0.407 e. The second-order valence-corrected chi connectivity index (χ2v) is 9.81. The summed E-state index contributed by atoms with van der Waals surface area (Å²) in [5.41, 5.74) is -1.36. The molecule has 1 saturated heterocycles. The molecule has 0 aromatic carbocycles. The molecule has 1 amide bonds. The molecular weight excluding hydrogens is 497 g/mol. The first-order chi connectivity index (χ1) is 13.1. The van der Waals surface area contributed by atoms with Crippen LogP contribution in [0.15, 0.2) is 6.20 Å². The molecule has 9 nitrogen and oxygen atoms in total. The normalized spacial score (nSPS) is 16.8. The van der Waals surface area contributed by atoms with Gasteiger partial charge in [-0.25, -0.2) is 9.78 Å². The van der Waals surface area contributed by atoms with Gasteiger partial charge in [0.15, 0.2) is 0 Å². The van der Waals surface area contributed by atoms with Gasteiger partial charge >= 0.3 is 12.1 Å². The molecular formula is C17H24IN5O4S. The smallest absolute Gasteiger partial charge is 0.407 e. The molecule has 0 saturated carbocycles. The molecule has 2 aromatic heterocycles. The number of rotatable bonds is 4. The van der Waals surface area contributed by atoms with Gasteiger partial charge in [-0.3, -0.25) is 4.79 Å². The Morgan fingerprint density at radius 2 is 2.04 bits per heavy atom. The molecule has 1 fully saturated rings. The van der Waals surface area contributed by atoms with Crippen LogP contribution in [0, 0.1) is 9.12 Å². The van der Waals surface area contributed by atoms with E-state index in [2.05, 4.69) is 42.9 Å². The van der Waals surface area contributed by atoms with E-state index in [0.29, 0.717) is 25.9 Å². The summed E-state index contributed by atoms with van der Waals surface area (Å²) in [6, 6.07) is 0. The Bertz CT molecular complexity index is 867. The van der Waals surface area contributed by atoms with E-state index in [0.717, 1.165) is 13.8 Å². The van der Waals surface area contributed by atoms with Gasteiger partial charge in [-0.05, 0) is 56.2 Å². The number of nitrogens with one attached hydrogen (secondary N) is 1. The first kappa shape index (κ1) is 21.1. The number of esters is 1. The highest BCUT2D eigenvalue weighted by molar-refractivity contribution is 14.1. The Hall–Kier alpha value is -1.63. The van der Waals surface area contributed by atoms with Gasteiger partial charge < -0.3 is 19.7 Å². The third kappa shape index (κ3) is 4.50. The van der Waals surface area contributed by atoms with E-state index in [4.69, 9.17) is 9.47 Å². The quantitative estimate of drug-likeness (QED) is 0.488. The number of halogens is 1. The average Bonchev–Trinajstić information content (AvgIpc) is 3.20. The summed E-state index contributed by atoms with van der Waals surface area (Å²) in [6.45, 7) is 6.85. The van der Waals surface area contributed by atoms with E-state index >= 15 is 0 Å². The summed E-state index contributed by atoms with van der Waals surface area (Å²) < 4.78 is 13.1. The fourth-order valence-corrected chi connectivity index (χ4v) is 4.70. The van der Waals surface area contributed by atoms with E-state index in [1.807, 2.05) is 4.52 Å². The first-order valence-corrected chi connectivity index (χ1v) is 10.8. The van der Waals surface area contributed by atoms with E-state index in [1.54, 1.807) is 27.0 Å². The highest BCUT2D eigenvalue weighted by Gasteiger charge is 2.43. The fourth-order valence-electron chi connectivity index (χ4n) is 3.14. The maximum atomic E-state index is 12.5. The first-order valence-electron chi connectivity index (χ1n) is 8.94. The second-order valence-electron chi connectivity index (χ2n) is 7.77. The van der Waals surface area contributed by atoms with Crippen molar-refractivity contribution in [2.45, 2.75) is 39.2 Å². The lowest BCUT2D eigenvalue weighted by atomic mass is 9.78. The van der Waals surface area contributed by atoms with Crippen molar-refractivity contribution in [3.8, 4) is 0 Å². The number of fused-ring (bicyclic) bond motifs is 1. The summed E-state index contributed by atoms with van der Waals surface area (Å²) in [6.07, 6.45) is 2.35. The highest BCUT2D eigenvalue weighted by atomic mass is 127. The number of nitrogens with zero attached hydrogens (tertiary/aromatic N) is 4. The number of aromatic nitrogens is 3. The van der Waals surface area contributed by atoms with Gasteiger partial charge in [0.1, 0.15) is 9.30 Å². The van der Waals surface area contributed by atoms with Crippen molar-refractivity contribution in [1.82, 2.24) is 19.9 Å². The van der Waals surface area contributed by atoms with Crippen LogP contribution in [0.4, 0.5) is 9.93 Å². The van der Waals surface area contributed by atoms with Gasteiger partial charge in [0.2, 0.25) is 10.1 Å². The molecule has 0 bridgehead atoms. The van der Waals surface area contributed by atoms with E-state index in [-0.39, 0.29) is 12.5 Å². The molecule has 2 aromatic rings. The molecule has 0 aliphatic carbocycles. The maximum absolute atomic E-state index is 12.5. The van der Waals surface area contributed by atoms with Gasteiger partial charge in [-0.2, -0.15) is 4.52 Å². The van der Waals surface area contributed by atoms with E-state index in [1.165, 1.54) is 18.4 Å². The summed E-state index contributed by atoms with van der Waals surface area (Å²) in [4.78, 5) is 31.9. The molecule has 154 valence electrons. The van der Waals surface area contributed by atoms with E-state index < -0.39 is 17.1 Å². The number of anilines is 1. The number of imidazole rings is 1. The predicted molar refractivity (Wildman–Crippen MR) is 114 cm³/mol. The van der Waals surface area contributed by atoms with Gasteiger partial charge in [0.25, 0.3) is 0 Å². The van der Waals surface area contributed by atoms with Crippen LogP contribution >= 0.6 is 33.9 Å². The van der Waals surface area contributed by atoms with Crippen molar-refractivity contribution in [3.63, 3.8) is 0 Å². The minimum absolute atomic E-state index is 0.182. The summed E-state index contributed by atoms with van der Waals surface area (Å²) in [7, 11) is 1.38. The lowest BCUT2D eigenvalue weighted by molar-refractivity contribution is -0.153. The van der Waals surface area contributed by atoms with Crippen LogP contribution in [0.2, 0.25) is 0 Å². The monoisotopic (exact) mass is 521 g/mol. The fraction of sp³-hybridized carbons (Fsp3) is 0.647. The van der Waals surface area contributed by atoms with Crippen LogP contribution in [0.5, 0.6) is 0 Å². The summed E-state index contributed by atoms with van der Waals surface area (Å²) >= 11 is 3.71. The Labute approximate surface area is 180 Å². The number of ether oxygens (including phenoxy) is 2. The lowest BCUT2D eigenvalue weighted by Crippen LogP contribution is -2.51. The summed E-state index contributed by atoms with van der Waals surface area (Å²) in [5.74, 6) is -0.313. The molecule has 1 aliphatic rings. The number of alkyl carbamates (subject to hydrolysis) is 1. The molecule has 11 heteroatoms. The van der Waals surface area contributed by atoms with Crippen molar-refractivity contribution in [2.24, 2.45) is 5.41 Å². The minimum Gasteiger partial charge on any atom is -0.469 e. The molecule has 1 N–H and O–H groups in total. The van der Waals surface area contributed by atoms with Crippen molar-refractivity contribution in [1.29, 1.82) is 0 Å². The van der Waals surface area contributed by atoms with Gasteiger partial charge in [-0.1, -0.05) is 11.3 Å². The van der Waals surface area contributed by atoms with Crippen molar-refractivity contribution >= 4 is 56.1 Å². The molecule has 28 heavy (non-hydrogen) atoms. The molecule has 3 heterocycles. The van der Waals surface area contributed by atoms with Crippen molar-refractivity contribution in [2.75, 3.05) is 31.6 Å². The van der Waals surface area contributed by atoms with Gasteiger partial charge in [0.05, 0.1) is 18.7 Å². The van der Waals surface area contributed by atoms with Crippen LogP contribution in [0.3, 0.4) is 0 Å². The number of methoxy groups -OCH3 is 1. The van der Waals surface area contributed by atoms with Crippen LogP contribution in [0.1, 0.15) is 33.6 Å². The Morgan fingerprint density at radius 3 is 2.61 bits per heavy atom. The number of carbonyl (C=O) groups is 2. The number of amides is 1. The highest BCUT2D eigenvalue weighted by Crippen LogP contribution is 2.35. The summed E-state index contributed by atoms with van der Waals surface area (Å²) in [5, 5.41) is 8.22. The zero-order valence-electron chi connectivity index (χ0n) is 16.3. The second kappa shape index (κ2) is 8.01. The molecule has 1 aliphatic heterocycles. The lowest BCUT2D eigenvalue weighted by Gasteiger charge is -2.39. The SMILES string of the molecule is COC(=O)C1(CNC(=O)OC(C)(C)C)CCN(c2nn3c(I)cnc3s2)CC1. The Balaban J connectivity index is 1.67. The predicted octanol–water partition coefficient (Wildman–Crippen LogP) is 2.68. The van der Waals surface area contributed by atoms with Crippen LogP contribution in [-0.4, -0.2) is 59.0 Å². The van der Waals surface area contributed by atoms with Crippen molar-refractivity contribution in [3.05, 3.63) is 9.90 Å². The Morgan fingerprint density at radius 1 is 1.36 bits per heavy atom. The molecule has 0 unspecified atom stereocenters. The topological polar surface area (TPSA) is 98.1 Å². The zero-order valence-corrected chi connectivity index (χ0v) is 19.3. The van der Waals surface area contributed by atoms with Crippen LogP contribution in [-0.2, 0) is 14.3 Å². The number of piperidine rings is 1. The molecule has 0 radical (unpaired) electrons. The molecule has 0 spiro atoms. The standard InChI is InChI=1S/C17H24IN5O4S/c1-16(2,3)27-15(25)20-10-17(12(24)26-4)5-7-22(8-6-17)14-21-23-11(18)9-19-13(23)28-14/h9H,5-8,10H2,1-4H3,(H,20,25). The zero-order chi connectivity index (χ0) is 20.5. The minimum atomic E-state index is -0.770. The number of hydrogen-bond acceptors (Lipinski definition) is 8. The van der Waals surface area contributed by atoms with E-state index in [9.17, 15) is 9.59 Å². The third-order valence-electron chi connectivity index (χ3n) is 4.61. The van der Waals surface area contributed by atoms with Gasteiger partial charge in [-0.15, -0.1) is 5.10 Å². The molecule has 3 rings (SSSR count). The average molecular weight is 521 g/mol.